The number of hydrazone groups is 1. The average Bonchev–Trinajstić information content (AvgIpc) is 3.43. The normalized spacial score (nSPS) is 15.3. The molecule has 0 spiro atoms. The molecular weight excluding hydrogens is 470 g/mol. The first-order chi connectivity index (χ1) is 18.7. The highest BCUT2D eigenvalue weighted by molar-refractivity contribution is 6.03. The van der Waals surface area contributed by atoms with Gasteiger partial charge in [0.05, 0.1) is 33.9 Å². The van der Waals surface area contributed by atoms with Crippen molar-refractivity contribution >= 4 is 34.0 Å². The van der Waals surface area contributed by atoms with Crippen LogP contribution in [-0.4, -0.2) is 15.7 Å². The monoisotopic (exact) mass is 493 g/mol. The fourth-order valence-corrected chi connectivity index (χ4v) is 4.75. The Bertz CT molecular complexity index is 1770. The molecule has 1 N–H and O–H groups in total. The van der Waals surface area contributed by atoms with E-state index in [0.717, 1.165) is 28.9 Å². The van der Waals surface area contributed by atoms with Gasteiger partial charge in [-0.2, -0.15) is 10.4 Å². The lowest BCUT2D eigenvalue weighted by Gasteiger charge is -2.24. The Morgan fingerprint density at radius 3 is 2.32 bits per heavy atom. The number of hydrogen-bond acceptors (Lipinski definition) is 5. The van der Waals surface area contributed by atoms with Crippen LogP contribution in [0.2, 0.25) is 0 Å². The molecule has 0 fully saturated rings. The van der Waals surface area contributed by atoms with Crippen molar-refractivity contribution in [1.82, 2.24) is 9.97 Å². The molecule has 1 aromatic heterocycles. The van der Waals surface area contributed by atoms with Crippen LogP contribution in [0.3, 0.4) is 0 Å². The Balaban J connectivity index is 1.34. The lowest BCUT2D eigenvalue weighted by atomic mass is 9.98. The molecule has 5 aromatic rings. The van der Waals surface area contributed by atoms with Crippen LogP contribution in [0.5, 0.6) is 0 Å². The molecule has 1 atom stereocenters. The van der Waals surface area contributed by atoms with E-state index in [9.17, 15) is 10.1 Å². The van der Waals surface area contributed by atoms with Gasteiger partial charge >= 0.3 is 0 Å². The van der Waals surface area contributed by atoms with E-state index in [1.807, 2.05) is 54.6 Å². The fraction of sp³-hybridized carbons (Fsp3) is 0.0625. The highest BCUT2D eigenvalue weighted by Gasteiger charge is 2.29. The van der Waals surface area contributed by atoms with E-state index in [2.05, 4.69) is 57.4 Å². The quantitative estimate of drug-likeness (QED) is 0.289. The standard InChI is InChI=1S/C32H23N5O/c33-21-25(31-34-28-14-8-7-13-27(28)32(38)35-31)19-22-15-17-26(18-16-22)37-30(24-11-5-2-6-12-24)20-29(36-37)23-9-3-1-4-10-23/h1-19,30H,20H2,(H,34,35,38)/b25-19+. The Morgan fingerprint density at radius 2 is 1.58 bits per heavy atom. The van der Waals surface area contributed by atoms with E-state index in [1.165, 1.54) is 5.56 Å². The molecule has 182 valence electrons. The highest BCUT2D eigenvalue weighted by atomic mass is 16.1. The molecular formula is C32H23N5O. The summed E-state index contributed by atoms with van der Waals surface area (Å²) < 4.78 is 0. The Kier molecular flexibility index (Phi) is 6.09. The summed E-state index contributed by atoms with van der Waals surface area (Å²) in [7, 11) is 0. The zero-order chi connectivity index (χ0) is 25.9. The minimum absolute atomic E-state index is 0.0781. The van der Waals surface area contributed by atoms with Crippen LogP contribution in [-0.2, 0) is 0 Å². The van der Waals surface area contributed by atoms with Crippen molar-refractivity contribution in [2.24, 2.45) is 5.10 Å². The molecule has 6 nitrogen and oxygen atoms in total. The number of H-pyrrole nitrogens is 1. The zero-order valence-corrected chi connectivity index (χ0v) is 20.5. The number of aromatic amines is 1. The van der Waals surface area contributed by atoms with Gasteiger partial charge in [-0.1, -0.05) is 84.9 Å². The molecule has 38 heavy (non-hydrogen) atoms. The average molecular weight is 494 g/mol. The van der Waals surface area contributed by atoms with E-state index >= 15 is 0 Å². The van der Waals surface area contributed by atoms with Crippen molar-refractivity contribution in [3.63, 3.8) is 0 Å². The molecule has 1 aliphatic rings. The van der Waals surface area contributed by atoms with Gasteiger partial charge in [0.25, 0.3) is 5.56 Å². The molecule has 0 bridgehead atoms. The molecule has 4 aromatic carbocycles. The lowest BCUT2D eigenvalue weighted by Crippen LogP contribution is -2.18. The van der Waals surface area contributed by atoms with Gasteiger partial charge in [-0.05, 0) is 47.0 Å². The molecule has 0 aliphatic carbocycles. The first-order valence-electron chi connectivity index (χ1n) is 12.4. The van der Waals surface area contributed by atoms with Crippen LogP contribution in [0.15, 0.2) is 119 Å². The third kappa shape index (κ3) is 4.49. The lowest BCUT2D eigenvalue weighted by molar-refractivity contribution is 0.709. The SMILES string of the molecule is N#C/C(=C\c1ccc(N2N=C(c3ccccc3)CC2c2ccccc2)cc1)c1nc2ccccc2c(=O)[nH]1. The molecule has 1 unspecified atom stereocenters. The van der Waals surface area contributed by atoms with Gasteiger partial charge in [-0.15, -0.1) is 0 Å². The molecule has 6 rings (SSSR count). The number of fused-ring (bicyclic) bond motifs is 1. The van der Waals surface area contributed by atoms with Crippen LogP contribution < -0.4 is 10.6 Å². The molecule has 0 amide bonds. The first-order valence-corrected chi connectivity index (χ1v) is 12.4. The summed E-state index contributed by atoms with van der Waals surface area (Å²) in [5, 5.41) is 17.4. The number of hydrogen-bond donors (Lipinski definition) is 1. The van der Waals surface area contributed by atoms with E-state index in [1.54, 1.807) is 24.3 Å². The Hall–Kier alpha value is -5.28. The Morgan fingerprint density at radius 1 is 0.895 bits per heavy atom. The molecule has 2 heterocycles. The first kappa shape index (κ1) is 23.1. The molecule has 1 aliphatic heterocycles. The summed E-state index contributed by atoms with van der Waals surface area (Å²) >= 11 is 0. The van der Waals surface area contributed by atoms with Gasteiger partial charge < -0.3 is 4.98 Å². The second-order valence-corrected chi connectivity index (χ2v) is 9.08. The smallest absolute Gasteiger partial charge is 0.259 e. The van der Waals surface area contributed by atoms with Crippen molar-refractivity contribution in [2.45, 2.75) is 12.5 Å². The number of nitrogens with zero attached hydrogens (tertiary/aromatic N) is 4. The van der Waals surface area contributed by atoms with Crippen LogP contribution in [0, 0.1) is 11.3 Å². The summed E-state index contributed by atoms with van der Waals surface area (Å²) in [5.41, 5.74) is 5.71. The van der Waals surface area contributed by atoms with Crippen molar-refractivity contribution in [3.05, 3.63) is 142 Å². The Labute approximate surface area is 219 Å². The van der Waals surface area contributed by atoms with Crippen LogP contribution in [0.25, 0.3) is 22.6 Å². The second-order valence-electron chi connectivity index (χ2n) is 9.08. The summed E-state index contributed by atoms with van der Waals surface area (Å²) in [4.78, 5) is 19.7. The molecule has 0 saturated carbocycles. The molecule has 0 saturated heterocycles. The van der Waals surface area contributed by atoms with Crippen molar-refractivity contribution in [2.75, 3.05) is 5.01 Å². The van der Waals surface area contributed by atoms with Gasteiger partial charge in [0.2, 0.25) is 0 Å². The largest absolute Gasteiger partial charge is 0.305 e. The summed E-state index contributed by atoms with van der Waals surface area (Å²) in [5.74, 6) is 0.251. The minimum atomic E-state index is -0.268. The minimum Gasteiger partial charge on any atom is -0.305 e. The number of allylic oxidation sites excluding steroid dienone is 1. The van der Waals surface area contributed by atoms with Gasteiger partial charge in [0.15, 0.2) is 5.82 Å². The number of para-hydroxylation sites is 1. The van der Waals surface area contributed by atoms with Gasteiger partial charge in [-0.25, -0.2) is 4.98 Å². The predicted molar refractivity (Wildman–Crippen MR) is 152 cm³/mol. The second kappa shape index (κ2) is 10.00. The molecule has 6 heteroatoms. The topological polar surface area (TPSA) is 85.1 Å². The van der Waals surface area contributed by atoms with Gasteiger partial charge in [0, 0.05) is 6.42 Å². The number of rotatable bonds is 5. The van der Waals surface area contributed by atoms with Gasteiger partial charge in [-0.3, -0.25) is 9.80 Å². The molecule has 0 radical (unpaired) electrons. The highest BCUT2D eigenvalue weighted by Crippen LogP contribution is 2.36. The van der Waals surface area contributed by atoms with Crippen molar-refractivity contribution in [3.8, 4) is 6.07 Å². The number of benzene rings is 4. The maximum absolute atomic E-state index is 12.5. The van der Waals surface area contributed by atoms with E-state index < -0.39 is 0 Å². The zero-order valence-electron chi connectivity index (χ0n) is 20.5. The number of anilines is 1. The van der Waals surface area contributed by atoms with Crippen LogP contribution in [0.4, 0.5) is 5.69 Å². The maximum Gasteiger partial charge on any atom is 0.259 e. The number of nitriles is 1. The number of aromatic nitrogens is 2. The fourth-order valence-electron chi connectivity index (χ4n) is 4.75. The third-order valence-corrected chi connectivity index (χ3v) is 6.66. The summed E-state index contributed by atoms with van der Waals surface area (Å²) in [6.45, 7) is 0. The van der Waals surface area contributed by atoms with E-state index in [0.29, 0.717) is 10.9 Å². The van der Waals surface area contributed by atoms with E-state index in [4.69, 9.17) is 5.10 Å². The number of nitrogens with one attached hydrogen (secondary N) is 1. The predicted octanol–water partition coefficient (Wildman–Crippen LogP) is 6.34. The summed E-state index contributed by atoms with van der Waals surface area (Å²) in [6, 6.07) is 37.9. The van der Waals surface area contributed by atoms with E-state index in [-0.39, 0.29) is 23.0 Å². The van der Waals surface area contributed by atoms with Crippen molar-refractivity contribution < 1.29 is 0 Å². The van der Waals surface area contributed by atoms with Gasteiger partial charge in [0.1, 0.15) is 6.07 Å². The maximum atomic E-state index is 12.5. The third-order valence-electron chi connectivity index (χ3n) is 6.66. The van der Waals surface area contributed by atoms with Crippen molar-refractivity contribution in [1.29, 1.82) is 5.26 Å². The van der Waals surface area contributed by atoms with Crippen LogP contribution >= 0.6 is 0 Å². The summed E-state index contributed by atoms with van der Waals surface area (Å²) in [6.07, 6.45) is 2.53. The van der Waals surface area contributed by atoms with Crippen LogP contribution in [0.1, 0.15) is 35.0 Å².